The number of nitrogen functional groups attached to an aromatic ring is 1. The van der Waals surface area contributed by atoms with Crippen molar-refractivity contribution in [1.82, 2.24) is 14.0 Å². The second-order valence-electron chi connectivity index (χ2n) is 6.82. The van der Waals surface area contributed by atoms with Crippen LogP contribution in [0.4, 0.5) is 5.69 Å². The molecule has 0 aliphatic heterocycles. The number of sulfone groups is 1. The molecule has 4 rings (SSSR count). The Bertz CT molecular complexity index is 1420. The quantitative estimate of drug-likeness (QED) is 0.494. The Morgan fingerprint density at radius 2 is 1.97 bits per heavy atom. The standard InChI is InChI=1S/C21H20N4O4S/c1-3-30(27,28)16-7-8-20(29-15-6-4-5-14(22)9-15)17(10-16)19-12-24(2)21(26)18-11-23-13-25(18)19/h4-13H,3,22H2,1-2H3. The van der Waals surface area contributed by atoms with Crippen LogP contribution in [0.5, 0.6) is 11.5 Å². The molecule has 8 nitrogen and oxygen atoms in total. The second-order valence-corrected chi connectivity index (χ2v) is 9.09. The number of nitrogens with zero attached hydrogens (tertiary/aromatic N) is 3. The summed E-state index contributed by atoms with van der Waals surface area (Å²) in [4.78, 5) is 16.7. The number of nitrogens with two attached hydrogens (primary N) is 1. The second kappa shape index (κ2) is 7.34. The molecule has 2 aromatic carbocycles. The van der Waals surface area contributed by atoms with Crippen LogP contribution in [0.3, 0.4) is 0 Å². The zero-order valence-corrected chi connectivity index (χ0v) is 17.3. The van der Waals surface area contributed by atoms with Crippen molar-refractivity contribution in [2.24, 2.45) is 7.05 Å². The normalized spacial score (nSPS) is 11.7. The van der Waals surface area contributed by atoms with Gasteiger partial charge in [0.2, 0.25) is 0 Å². The molecule has 2 aromatic heterocycles. The molecule has 0 fully saturated rings. The minimum absolute atomic E-state index is 0.0321. The molecule has 0 unspecified atom stereocenters. The largest absolute Gasteiger partial charge is 0.457 e. The predicted molar refractivity (Wildman–Crippen MR) is 115 cm³/mol. The topological polar surface area (TPSA) is 109 Å². The van der Waals surface area contributed by atoms with Crippen molar-refractivity contribution in [2.45, 2.75) is 11.8 Å². The highest BCUT2D eigenvalue weighted by atomic mass is 32.2. The molecule has 4 aromatic rings. The van der Waals surface area contributed by atoms with Crippen molar-refractivity contribution >= 4 is 21.0 Å². The van der Waals surface area contributed by atoms with Crippen molar-refractivity contribution in [1.29, 1.82) is 0 Å². The van der Waals surface area contributed by atoms with Gasteiger partial charge in [-0.25, -0.2) is 13.4 Å². The van der Waals surface area contributed by atoms with Gasteiger partial charge in [0.1, 0.15) is 17.0 Å². The lowest BCUT2D eigenvalue weighted by Crippen LogP contribution is -2.19. The van der Waals surface area contributed by atoms with Gasteiger partial charge in [-0.15, -0.1) is 0 Å². The maximum absolute atomic E-state index is 12.5. The zero-order valence-electron chi connectivity index (χ0n) is 16.4. The number of benzene rings is 2. The van der Waals surface area contributed by atoms with Crippen molar-refractivity contribution < 1.29 is 13.2 Å². The van der Waals surface area contributed by atoms with E-state index in [1.807, 2.05) is 0 Å². The molecule has 0 aliphatic rings. The number of hydrogen-bond acceptors (Lipinski definition) is 6. The summed E-state index contributed by atoms with van der Waals surface area (Å²) in [6.45, 7) is 1.59. The van der Waals surface area contributed by atoms with Gasteiger partial charge in [0, 0.05) is 30.6 Å². The van der Waals surface area contributed by atoms with E-state index in [-0.39, 0.29) is 16.2 Å². The van der Waals surface area contributed by atoms with Crippen LogP contribution in [0.1, 0.15) is 6.92 Å². The Labute approximate surface area is 173 Å². The number of anilines is 1. The highest BCUT2D eigenvalue weighted by molar-refractivity contribution is 7.91. The Hall–Kier alpha value is -3.59. The lowest BCUT2D eigenvalue weighted by molar-refractivity contribution is 0.484. The van der Waals surface area contributed by atoms with Crippen molar-refractivity contribution in [2.75, 3.05) is 11.5 Å². The number of imidazole rings is 1. The third kappa shape index (κ3) is 3.43. The molecule has 0 aliphatic carbocycles. The molecule has 0 atom stereocenters. The van der Waals surface area contributed by atoms with Crippen LogP contribution in [0, 0.1) is 0 Å². The lowest BCUT2D eigenvalue weighted by Gasteiger charge is -2.15. The minimum Gasteiger partial charge on any atom is -0.457 e. The van der Waals surface area contributed by atoms with E-state index >= 15 is 0 Å². The molecule has 0 saturated heterocycles. The fourth-order valence-corrected chi connectivity index (χ4v) is 4.10. The van der Waals surface area contributed by atoms with Gasteiger partial charge < -0.3 is 15.0 Å². The van der Waals surface area contributed by atoms with Gasteiger partial charge >= 0.3 is 0 Å². The van der Waals surface area contributed by atoms with E-state index in [9.17, 15) is 13.2 Å². The Morgan fingerprint density at radius 1 is 1.17 bits per heavy atom. The molecular weight excluding hydrogens is 404 g/mol. The Balaban J connectivity index is 1.99. The molecule has 0 bridgehead atoms. The van der Waals surface area contributed by atoms with E-state index in [2.05, 4.69) is 4.98 Å². The summed E-state index contributed by atoms with van der Waals surface area (Å²) < 4.78 is 34.1. The van der Waals surface area contributed by atoms with E-state index in [1.165, 1.54) is 23.2 Å². The van der Waals surface area contributed by atoms with E-state index in [4.69, 9.17) is 10.5 Å². The van der Waals surface area contributed by atoms with Gasteiger partial charge in [0.15, 0.2) is 9.84 Å². The highest BCUT2D eigenvalue weighted by Crippen LogP contribution is 2.35. The number of aromatic nitrogens is 3. The first-order chi connectivity index (χ1) is 14.3. The maximum Gasteiger partial charge on any atom is 0.276 e. The molecular formula is C21H20N4O4S. The molecule has 0 saturated carbocycles. The molecule has 0 spiro atoms. The van der Waals surface area contributed by atoms with Crippen LogP contribution < -0.4 is 16.0 Å². The predicted octanol–water partition coefficient (Wildman–Crippen LogP) is 2.87. The number of hydrogen-bond donors (Lipinski definition) is 1. The summed E-state index contributed by atoms with van der Waals surface area (Å²) >= 11 is 0. The van der Waals surface area contributed by atoms with Gasteiger partial charge in [0.25, 0.3) is 5.56 Å². The first-order valence-electron chi connectivity index (χ1n) is 9.22. The Kier molecular flexibility index (Phi) is 4.83. The monoisotopic (exact) mass is 424 g/mol. The SMILES string of the molecule is CCS(=O)(=O)c1ccc(Oc2cccc(N)c2)c(-c2cn(C)c(=O)c3cncn23)c1. The molecule has 9 heteroatoms. The van der Waals surface area contributed by atoms with Gasteiger partial charge in [-0.05, 0) is 30.3 Å². The zero-order chi connectivity index (χ0) is 21.5. The number of ether oxygens (including phenoxy) is 1. The average molecular weight is 424 g/mol. The van der Waals surface area contributed by atoms with Crippen LogP contribution in [0.15, 0.2) is 70.9 Å². The van der Waals surface area contributed by atoms with Crippen LogP contribution in [0.2, 0.25) is 0 Å². The summed E-state index contributed by atoms with van der Waals surface area (Å²) in [6.07, 6.45) is 4.61. The molecule has 0 radical (unpaired) electrons. The first-order valence-corrected chi connectivity index (χ1v) is 10.9. The van der Waals surface area contributed by atoms with E-state index in [1.54, 1.807) is 61.0 Å². The van der Waals surface area contributed by atoms with Crippen LogP contribution in [0.25, 0.3) is 16.8 Å². The van der Waals surface area contributed by atoms with Crippen LogP contribution in [-0.4, -0.2) is 28.1 Å². The van der Waals surface area contributed by atoms with Gasteiger partial charge in [-0.2, -0.15) is 0 Å². The highest BCUT2D eigenvalue weighted by Gasteiger charge is 2.19. The van der Waals surface area contributed by atoms with Crippen molar-refractivity contribution in [3.8, 4) is 22.8 Å². The fraction of sp³-hybridized carbons (Fsp3) is 0.143. The van der Waals surface area contributed by atoms with E-state index < -0.39 is 9.84 Å². The summed E-state index contributed by atoms with van der Waals surface area (Å²) in [6, 6.07) is 11.6. The molecule has 30 heavy (non-hydrogen) atoms. The van der Waals surface area contributed by atoms with Crippen molar-refractivity contribution in [3.63, 3.8) is 0 Å². The van der Waals surface area contributed by atoms with Crippen LogP contribution >= 0.6 is 0 Å². The molecule has 2 N–H and O–H groups in total. The van der Waals surface area contributed by atoms with E-state index in [0.717, 1.165) is 0 Å². The number of aryl methyl sites for hydroxylation is 1. The summed E-state index contributed by atoms with van der Waals surface area (Å²) in [5, 5.41) is 0. The Morgan fingerprint density at radius 3 is 2.70 bits per heavy atom. The lowest BCUT2D eigenvalue weighted by atomic mass is 10.1. The summed E-state index contributed by atoms with van der Waals surface area (Å²) in [5.74, 6) is 0.897. The third-order valence-corrected chi connectivity index (χ3v) is 6.54. The van der Waals surface area contributed by atoms with Crippen molar-refractivity contribution in [3.05, 3.63) is 71.5 Å². The summed E-state index contributed by atoms with van der Waals surface area (Å²) in [7, 11) is -1.82. The third-order valence-electron chi connectivity index (χ3n) is 4.81. The van der Waals surface area contributed by atoms with E-state index in [0.29, 0.717) is 34.0 Å². The average Bonchev–Trinajstić information content (AvgIpc) is 3.21. The fourth-order valence-electron chi connectivity index (χ4n) is 3.19. The van der Waals surface area contributed by atoms with Gasteiger partial charge in [-0.1, -0.05) is 13.0 Å². The molecule has 154 valence electrons. The number of fused-ring (bicyclic) bond motifs is 1. The minimum atomic E-state index is -3.45. The maximum atomic E-state index is 12.5. The number of rotatable bonds is 5. The van der Waals surface area contributed by atoms with Crippen LogP contribution in [-0.2, 0) is 16.9 Å². The smallest absolute Gasteiger partial charge is 0.276 e. The van der Waals surface area contributed by atoms with Gasteiger partial charge in [0.05, 0.1) is 28.9 Å². The summed E-state index contributed by atoms with van der Waals surface area (Å²) in [5.41, 5.74) is 7.61. The van der Waals surface area contributed by atoms with Gasteiger partial charge in [-0.3, -0.25) is 9.20 Å². The molecule has 2 heterocycles. The first kappa shape index (κ1) is 19.7. The molecule has 0 amide bonds.